The molecule has 0 unspecified atom stereocenters. The van der Waals surface area contributed by atoms with E-state index in [0.29, 0.717) is 18.3 Å². The molecule has 0 atom stereocenters. The van der Waals surface area contributed by atoms with E-state index < -0.39 is 22.8 Å². The number of carboxylic acids is 1. The second-order valence-electron chi connectivity index (χ2n) is 8.94. The lowest BCUT2D eigenvalue weighted by molar-refractivity contribution is -0.127. The Morgan fingerprint density at radius 3 is 2.71 bits per heavy atom. The van der Waals surface area contributed by atoms with Gasteiger partial charge in [-0.3, -0.25) is 14.2 Å². The largest absolute Gasteiger partial charge is 0.477 e. The van der Waals surface area contributed by atoms with Crippen LogP contribution in [0.2, 0.25) is 0 Å². The number of fused-ring (bicyclic) bond motifs is 1. The molecule has 3 aromatic heterocycles. The molecular weight excluding hydrogens is 477 g/mol. The summed E-state index contributed by atoms with van der Waals surface area (Å²) in [6, 6.07) is 0. The number of hydrogen-bond acceptors (Lipinski definition) is 8. The Labute approximate surface area is 203 Å². The van der Waals surface area contributed by atoms with Gasteiger partial charge in [-0.05, 0) is 26.7 Å². The van der Waals surface area contributed by atoms with Crippen LogP contribution < -0.4 is 15.6 Å². The van der Waals surface area contributed by atoms with E-state index in [2.05, 4.69) is 15.3 Å². The Morgan fingerprint density at radius 2 is 2.11 bits per heavy atom. The van der Waals surface area contributed by atoms with Crippen molar-refractivity contribution in [3.05, 3.63) is 44.9 Å². The number of aromatic nitrogens is 3. The van der Waals surface area contributed by atoms with Crippen LogP contribution in [-0.2, 0) is 9.53 Å². The summed E-state index contributed by atoms with van der Waals surface area (Å²) in [5, 5.41) is 14.6. The second-order valence-corrected chi connectivity index (χ2v) is 9.82. The number of aromatic carboxylic acids is 1. The molecule has 1 amide bonds. The average Bonchev–Trinajstić information content (AvgIpc) is 3.32. The summed E-state index contributed by atoms with van der Waals surface area (Å²) in [5.41, 5.74) is -1.47. The van der Waals surface area contributed by atoms with Gasteiger partial charge in [0.15, 0.2) is 22.4 Å². The molecule has 1 aliphatic carbocycles. The molecule has 2 aliphatic rings. The van der Waals surface area contributed by atoms with Crippen LogP contribution in [0.25, 0.3) is 16.2 Å². The van der Waals surface area contributed by atoms with Gasteiger partial charge in [-0.25, -0.2) is 19.2 Å². The molecule has 0 bridgehead atoms. The van der Waals surface area contributed by atoms with E-state index in [4.69, 9.17) is 4.74 Å². The molecule has 184 valence electrons. The van der Waals surface area contributed by atoms with Crippen molar-refractivity contribution in [3.8, 4) is 5.13 Å². The Balaban J connectivity index is 1.46. The van der Waals surface area contributed by atoms with Gasteiger partial charge in [0, 0.05) is 43.0 Å². The predicted molar refractivity (Wildman–Crippen MR) is 127 cm³/mol. The number of carbonyl (C=O) groups excluding carboxylic acids is 1. The highest BCUT2D eigenvalue weighted by Crippen LogP contribution is 2.37. The molecular formula is C23H24FN5O5S. The minimum Gasteiger partial charge on any atom is -0.477 e. The Kier molecular flexibility index (Phi) is 5.80. The highest BCUT2D eigenvalue weighted by molar-refractivity contribution is 7.12. The molecule has 1 saturated heterocycles. The van der Waals surface area contributed by atoms with Gasteiger partial charge < -0.3 is 20.1 Å². The number of thiazole rings is 1. The van der Waals surface area contributed by atoms with Gasteiger partial charge >= 0.3 is 5.97 Å². The third-order valence-electron chi connectivity index (χ3n) is 6.53. The minimum atomic E-state index is -1.42. The molecule has 4 heterocycles. The van der Waals surface area contributed by atoms with Crippen LogP contribution in [0.4, 0.5) is 10.2 Å². The molecule has 2 fully saturated rings. The van der Waals surface area contributed by atoms with E-state index in [1.807, 2.05) is 6.92 Å². The van der Waals surface area contributed by atoms with Crippen LogP contribution in [0.15, 0.2) is 22.6 Å². The molecule has 35 heavy (non-hydrogen) atoms. The van der Waals surface area contributed by atoms with Crippen molar-refractivity contribution >= 4 is 40.1 Å². The van der Waals surface area contributed by atoms with E-state index in [9.17, 15) is 19.5 Å². The first-order valence-electron chi connectivity index (χ1n) is 11.3. The zero-order valence-electron chi connectivity index (χ0n) is 19.2. The fourth-order valence-electron chi connectivity index (χ4n) is 4.26. The second kappa shape index (κ2) is 8.68. The SMILES string of the molecule is CCOCC1(NC(=O)C2CN(c3nc4c(c(C)c3F)c(=O)c(C(=O)O)cn4-c3nccs3)C2)CC1. The molecule has 5 rings (SSSR count). The number of nitrogens with zero attached hydrogens (tertiary/aromatic N) is 4. The predicted octanol–water partition coefficient (Wildman–Crippen LogP) is 2.11. The molecule has 12 heteroatoms. The normalized spacial score (nSPS) is 16.8. The van der Waals surface area contributed by atoms with E-state index in [1.165, 1.54) is 29.0 Å². The summed E-state index contributed by atoms with van der Waals surface area (Å²) >= 11 is 1.23. The lowest BCUT2D eigenvalue weighted by atomic mass is 9.98. The minimum absolute atomic E-state index is 0.00459. The van der Waals surface area contributed by atoms with Gasteiger partial charge in [0.25, 0.3) is 0 Å². The van der Waals surface area contributed by atoms with Gasteiger partial charge in [0.2, 0.25) is 11.3 Å². The lowest BCUT2D eigenvalue weighted by Crippen LogP contribution is -2.56. The van der Waals surface area contributed by atoms with Gasteiger partial charge in [-0.15, -0.1) is 11.3 Å². The van der Waals surface area contributed by atoms with Gasteiger partial charge in [-0.1, -0.05) is 0 Å². The smallest absolute Gasteiger partial charge is 0.341 e. The zero-order valence-corrected chi connectivity index (χ0v) is 20.0. The van der Waals surface area contributed by atoms with Crippen LogP contribution in [0.3, 0.4) is 0 Å². The number of hydrogen-bond donors (Lipinski definition) is 2. The summed E-state index contributed by atoms with van der Waals surface area (Å²) in [4.78, 5) is 47.6. The van der Waals surface area contributed by atoms with Crippen LogP contribution >= 0.6 is 11.3 Å². The number of carboxylic acid groups (broad SMARTS) is 1. The van der Waals surface area contributed by atoms with Crippen molar-refractivity contribution < 1.29 is 23.8 Å². The quantitative estimate of drug-likeness (QED) is 0.481. The maximum absolute atomic E-state index is 15.4. The summed E-state index contributed by atoms with van der Waals surface area (Å²) in [6.07, 6.45) is 4.46. The van der Waals surface area contributed by atoms with E-state index in [-0.39, 0.29) is 52.9 Å². The zero-order chi connectivity index (χ0) is 24.9. The van der Waals surface area contributed by atoms with Gasteiger partial charge in [0.05, 0.1) is 23.4 Å². The highest BCUT2D eigenvalue weighted by Gasteiger charge is 2.47. The van der Waals surface area contributed by atoms with Crippen LogP contribution in [0, 0.1) is 18.7 Å². The molecule has 3 aromatic rings. The van der Waals surface area contributed by atoms with Crippen molar-refractivity contribution in [2.24, 2.45) is 5.92 Å². The lowest BCUT2D eigenvalue weighted by Gasteiger charge is -2.40. The fourth-order valence-corrected chi connectivity index (χ4v) is 4.88. The van der Waals surface area contributed by atoms with Gasteiger partial charge in [0.1, 0.15) is 5.56 Å². The first-order chi connectivity index (χ1) is 16.7. The number of nitrogens with one attached hydrogen (secondary N) is 1. The third-order valence-corrected chi connectivity index (χ3v) is 7.30. The van der Waals surface area contributed by atoms with Gasteiger partial charge in [-0.2, -0.15) is 0 Å². The molecule has 1 aliphatic heterocycles. The monoisotopic (exact) mass is 501 g/mol. The Morgan fingerprint density at radius 1 is 1.37 bits per heavy atom. The maximum Gasteiger partial charge on any atom is 0.341 e. The molecule has 2 N–H and O–H groups in total. The number of pyridine rings is 2. The van der Waals surface area contributed by atoms with Crippen molar-refractivity contribution in [1.82, 2.24) is 19.9 Å². The molecule has 0 radical (unpaired) electrons. The summed E-state index contributed by atoms with van der Waals surface area (Å²) in [5.74, 6) is -2.52. The van der Waals surface area contributed by atoms with Crippen molar-refractivity contribution in [2.75, 3.05) is 31.2 Å². The molecule has 0 aromatic carbocycles. The third kappa shape index (κ3) is 4.06. The van der Waals surface area contributed by atoms with Crippen LogP contribution in [-0.4, -0.2) is 63.4 Å². The number of amides is 1. The molecule has 1 saturated carbocycles. The fraction of sp³-hybridized carbons (Fsp3) is 0.435. The van der Waals surface area contributed by atoms with Crippen molar-refractivity contribution in [1.29, 1.82) is 0 Å². The molecule has 0 spiro atoms. The van der Waals surface area contributed by atoms with E-state index >= 15 is 4.39 Å². The van der Waals surface area contributed by atoms with Crippen molar-refractivity contribution in [3.63, 3.8) is 0 Å². The summed E-state index contributed by atoms with van der Waals surface area (Å²) < 4.78 is 22.3. The first-order valence-corrected chi connectivity index (χ1v) is 12.2. The number of halogens is 1. The number of carbonyl (C=O) groups is 2. The Bertz CT molecular complexity index is 1380. The number of aryl methyl sites for hydroxylation is 1. The highest BCUT2D eigenvalue weighted by atomic mass is 32.1. The molecule has 10 nitrogen and oxygen atoms in total. The van der Waals surface area contributed by atoms with Crippen molar-refractivity contribution in [2.45, 2.75) is 32.2 Å². The number of ether oxygens (including phenoxy) is 1. The van der Waals surface area contributed by atoms with E-state index in [1.54, 1.807) is 16.5 Å². The first kappa shape index (κ1) is 23.4. The topological polar surface area (TPSA) is 127 Å². The average molecular weight is 502 g/mol. The Hall–Kier alpha value is -3.38. The maximum atomic E-state index is 15.4. The standard InChI is InChI=1S/C23H24FN5O5S/c1-3-34-11-23(4-5-23)27-20(31)13-8-28(9-13)19-16(24)12(2)15-17(30)14(21(32)33)10-29(18(15)26-19)22-25-6-7-35-22/h6-7,10,13H,3-5,8-9,11H2,1-2H3,(H,27,31)(H,32,33). The number of anilines is 1. The summed E-state index contributed by atoms with van der Waals surface area (Å²) in [6.45, 7) is 4.96. The number of rotatable bonds is 8. The van der Waals surface area contributed by atoms with Crippen LogP contribution in [0.5, 0.6) is 0 Å². The van der Waals surface area contributed by atoms with E-state index in [0.717, 1.165) is 12.8 Å². The summed E-state index contributed by atoms with van der Waals surface area (Å²) in [7, 11) is 0. The van der Waals surface area contributed by atoms with Crippen LogP contribution in [0.1, 0.15) is 35.7 Å².